The highest BCUT2D eigenvalue weighted by molar-refractivity contribution is 6.31. The van der Waals surface area contributed by atoms with Gasteiger partial charge in [-0.1, -0.05) is 31.5 Å². The van der Waals surface area contributed by atoms with Crippen molar-refractivity contribution in [2.45, 2.75) is 26.9 Å². The summed E-state index contributed by atoms with van der Waals surface area (Å²) in [5.41, 5.74) is 3.71. The van der Waals surface area contributed by atoms with Crippen LogP contribution in [-0.4, -0.2) is 12.5 Å². The van der Waals surface area contributed by atoms with E-state index in [1.165, 1.54) is 11.1 Å². The van der Waals surface area contributed by atoms with Crippen LogP contribution in [0.25, 0.3) is 0 Å². The first-order valence-corrected chi connectivity index (χ1v) is 8.47. The van der Waals surface area contributed by atoms with Crippen LogP contribution in [0.3, 0.4) is 0 Å². The van der Waals surface area contributed by atoms with Crippen LogP contribution in [0.4, 0.5) is 5.69 Å². The number of fused-ring (bicyclic) bond motifs is 1. The van der Waals surface area contributed by atoms with Crippen LogP contribution in [0.1, 0.15) is 35.3 Å². The predicted octanol–water partition coefficient (Wildman–Crippen LogP) is 4.23. The fourth-order valence-electron chi connectivity index (χ4n) is 2.63. The van der Waals surface area contributed by atoms with E-state index in [1.807, 2.05) is 18.2 Å². The summed E-state index contributed by atoms with van der Waals surface area (Å²) in [5.74, 6) is 0.705. The molecule has 0 fully saturated rings. The summed E-state index contributed by atoms with van der Waals surface area (Å²) in [7, 11) is 0. The van der Waals surface area contributed by atoms with Gasteiger partial charge in [-0.05, 0) is 47.4 Å². The van der Waals surface area contributed by atoms with Crippen LogP contribution in [0.2, 0.25) is 5.02 Å². The fraction of sp³-hybridized carbons (Fsp3) is 0.316. The molecule has 1 amide bonds. The fourth-order valence-corrected chi connectivity index (χ4v) is 2.81. The summed E-state index contributed by atoms with van der Waals surface area (Å²) < 4.78 is 5.76. The maximum Gasteiger partial charge on any atom is 0.259 e. The van der Waals surface area contributed by atoms with E-state index < -0.39 is 0 Å². The third-order valence-electron chi connectivity index (χ3n) is 3.85. The second-order valence-corrected chi connectivity index (χ2v) is 6.82. The number of hydrogen-bond acceptors (Lipinski definition) is 3. The van der Waals surface area contributed by atoms with Gasteiger partial charge in [0.25, 0.3) is 5.91 Å². The van der Waals surface area contributed by atoms with Gasteiger partial charge in [0.1, 0.15) is 5.75 Å². The van der Waals surface area contributed by atoms with Crippen LogP contribution < -0.4 is 15.4 Å². The summed E-state index contributed by atoms with van der Waals surface area (Å²) in [6, 6.07) is 11.1. The third kappa shape index (κ3) is 3.89. The zero-order chi connectivity index (χ0) is 17.1. The van der Waals surface area contributed by atoms with Gasteiger partial charge in [0, 0.05) is 23.8 Å². The number of amides is 1. The van der Waals surface area contributed by atoms with Gasteiger partial charge in [-0.3, -0.25) is 4.79 Å². The molecule has 5 heteroatoms. The molecule has 0 unspecified atom stereocenters. The second-order valence-electron chi connectivity index (χ2n) is 6.39. The van der Waals surface area contributed by atoms with Gasteiger partial charge < -0.3 is 15.4 Å². The normalized spacial score (nSPS) is 13.0. The lowest BCUT2D eigenvalue weighted by molar-refractivity contribution is 0.102. The average molecular weight is 345 g/mol. The molecule has 0 bridgehead atoms. The molecule has 0 radical (unpaired) electrons. The van der Waals surface area contributed by atoms with Crippen LogP contribution in [0.15, 0.2) is 36.4 Å². The average Bonchev–Trinajstić information content (AvgIpc) is 3.01. The molecule has 0 aliphatic carbocycles. The summed E-state index contributed by atoms with van der Waals surface area (Å²) in [5, 5.41) is 6.74. The Labute approximate surface area is 147 Å². The number of hydrogen-bond donors (Lipinski definition) is 2. The minimum absolute atomic E-state index is 0.220. The molecule has 0 spiro atoms. The Morgan fingerprint density at radius 2 is 2.00 bits per heavy atom. The largest absolute Gasteiger partial charge is 0.492 e. The van der Waals surface area contributed by atoms with Crippen LogP contribution >= 0.6 is 11.6 Å². The van der Waals surface area contributed by atoms with Gasteiger partial charge >= 0.3 is 0 Å². The Morgan fingerprint density at radius 1 is 1.21 bits per heavy atom. The van der Waals surface area contributed by atoms with Crippen molar-refractivity contribution in [1.82, 2.24) is 5.32 Å². The molecule has 2 aromatic rings. The summed E-state index contributed by atoms with van der Waals surface area (Å²) in [4.78, 5) is 12.7. The van der Waals surface area contributed by atoms with Crippen molar-refractivity contribution in [1.29, 1.82) is 0 Å². The van der Waals surface area contributed by atoms with Gasteiger partial charge in [-0.25, -0.2) is 0 Å². The van der Waals surface area contributed by atoms with Crippen molar-refractivity contribution in [3.63, 3.8) is 0 Å². The second kappa shape index (κ2) is 7.24. The molecule has 0 saturated heterocycles. The zero-order valence-corrected chi connectivity index (χ0v) is 14.6. The minimum atomic E-state index is -0.220. The van der Waals surface area contributed by atoms with E-state index in [-0.39, 0.29) is 5.91 Å². The molecule has 2 N–H and O–H groups in total. The monoisotopic (exact) mass is 344 g/mol. The number of benzene rings is 2. The van der Waals surface area contributed by atoms with Crippen LogP contribution in [0.5, 0.6) is 5.75 Å². The molecule has 24 heavy (non-hydrogen) atoms. The van der Waals surface area contributed by atoms with Gasteiger partial charge in [-0.15, -0.1) is 0 Å². The first kappa shape index (κ1) is 16.8. The molecular formula is C19H21ClN2O2. The number of rotatable bonds is 5. The third-order valence-corrected chi connectivity index (χ3v) is 4.09. The maximum atomic E-state index is 12.7. The van der Waals surface area contributed by atoms with Crippen LogP contribution in [0, 0.1) is 5.92 Å². The number of carbonyl (C=O) groups is 1. The Hall–Kier alpha value is -2.04. The quantitative estimate of drug-likeness (QED) is 0.853. The van der Waals surface area contributed by atoms with Gasteiger partial charge in [0.05, 0.1) is 12.2 Å². The summed E-state index contributed by atoms with van der Waals surface area (Å²) in [6.07, 6.45) is 0. The van der Waals surface area contributed by atoms with E-state index in [9.17, 15) is 4.79 Å². The van der Waals surface area contributed by atoms with E-state index in [0.29, 0.717) is 28.9 Å². The topological polar surface area (TPSA) is 50.4 Å². The van der Waals surface area contributed by atoms with E-state index in [1.54, 1.807) is 18.2 Å². The highest BCUT2D eigenvalue weighted by Gasteiger charge is 2.16. The SMILES string of the molecule is CC(C)COc1ccc(Cl)cc1C(=O)Nc1ccc2c(c1)CNC2. The van der Waals surface area contributed by atoms with E-state index in [2.05, 4.69) is 24.5 Å². The van der Waals surface area contributed by atoms with Crippen LogP contribution in [-0.2, 0) is 13.1 Å². The number of anilines is 1. The lowest BCUT2D eigenvalue weighted by atomic mass is 10.1. The number of nitrogens with one attached hydrogen (secondary N) is 2. The number of halogens is 1. The van der Waals surface area contributed by atoms with E-state index in [4.69, 9.17) is 16.3 Å². The number of carbonyl (C=O) groups excluding carboxylic acids is 1. The molecular weight excluding hydrogens is 324 g/mol. The molecule has 0 atom stereocenters. The van der Waals surface area contributed by atoms with Crippen molar-refractivity contribution in [3.05, 3.63) is 58.1 Å². The predicted molar refractivity (Wildman–Crippen MR) is 96.7 cm³/mol. The first-order chi connectivity index (χ1) is 11.5. The molecule has 4 nitrogen and oxygen atoms in total. The standard InChI is InChI=1S/C19H21ClN2O2/c1-12(2)11-24-18-6-4-15(20)8-17(18)19(23)22-16-5-3-13-9-21-10-14(13)7-16/h3-8,12,21H,9-11H2,1-2H3,(H,22,23). The Morgan fingerprint density at radius 3 is 2.79 bits per heavy atom. The Kier molecular flexibility index (Phi) is 5.07. The Bertz CT molecular complexity index is 759. The first-order valence-electron chi connectivity index (χ1n) is 8.09. The smallest absolute Gasteiger partial charge is 0.259 e. The van der Waals surface area contributed by atoms with Crippen molar-refractivity contribution in [3.8, 4) is 5.75 Å². The highest BCUT2D eigenvalue weighted by atomic mass is 35.5. The maximum absolute atomic E-state index is 12.7. The van der Waals surface area contributed by atoms with Crippen molar-refractivity contribution in [2.24, 2.45) is 5.92 Å². The molecule has 126 valence electrons. The van der Waals surface area contributed by atoms with Gasteiger partial charge in [-0.2, -0.15) is 0 Å². The summed E-state index contributed by atoms with van der Waals surface area (Å²) >= 11 is 6.06. The lowest BCUT2D eigenvalue weighted by Gasteiger charge is -2.14. The van der Waals surface area contributed by atoms with E-state index >= 15 is 0 Å². The lowest BCUT2D eigenvalue weighted by Crippen LogP contribution is -2.15. The van der Waals surface area contributed by atoms with Gasteiger partial charge in [0.15, 0.2) is 0 Å². The van der Waals surface area contributed by atoms with Gasteiger partial charge in [0.2, 0.25) is 0 Å². The zero-order valence-electron chi connectivity index (χ0n) is 13.9. The molecule has 1 heterocycles. The molecule has 3 rings (SSSR count). The molecule has 0 aromatic heterocycles. The molecule has 2 aromatic carbocycles. The van der Waals surface area contributed by atoms with Crippen molar-refractivity contribution in [2.75, 3.05) is 11.9 Å². The Balaban J connectivity index is 1.80. The highest BCUT2D eigenvalue weighted by Crippen LogP contribution is 2.26. The van der Waals surface area contributed by atoms with Crippen molar-refractivity contribution < 1.29 is 9.53 Å². The molecule has 1 aliphatic heterocycles. The van der Waals surface area contributed by atoms with Crippen molar-refractivity contribution >= 4 is 23.2 Å². The molecule has 0 saturated carbocycles. The van der Waals surface area contributed by atoms with E-state index in [0.717, 1.165) is 18.8 Å². The molecule has 1 aliphatic rings. The summed E-state index contributed by atoms with van der Waals surface area (Å²) in [6.45, 7) is 6.39. The number of ether oxygens (including phenoxy) is 1. The minimum Gasteiger partial charge on any atom is -0.492 e.